The number of para-hydroxylation sites is 1. The summed E-state index contributed by atoms with van der Waals surface area (Å²) in [7, 11) is 1.55. The van der Waals surface area contributed by atoms with Gasteiger partial charge in [-0.15, -0.1) is 11.3 Å². The van der Waals surface area contributed by atoms with Crippen molar-refractivity contribution in [2.24, 2.45) is 0 Å². The number of ether oxygens (including phenoxy) is 2. The Hall–Kier alpha value is -2.31. The Morgan fingerprint density at radius 1 is 1.34 bits per heavy atom. The normalized spacial score (nSPS) is 16.8. The largest absolute Gasteiger partial charge is 0.493 e. The molecule has 2 aromatic carbocycles. The first-order valence-electron chi connectivity index (χ1n) is 9.75. The Labute approximate surface area is 179 Å². The van der Waals surface area contributed by atoms with Crippen LogP contribution in [-0.4, -0.2) is 42.6 Å². The molecule has 3 aromatic rings. The standard InChI is InChI=1S/C22H23ClN2O3S/c1-3-28-20-16(23)11-15(12-18(20)27-2)22(26)25-10-6-7-14(13-25)21-24-17-8-4-5-9-19(17)29-21/h4-5,8-9,11-12,14H,3,6-7,10,13H2,1-2H3/t14-/m1/s1. The van der Waals surface area contributed by atoms with Gasteiger partial charge in [0.1, 0.15) is 0 Å². The van der Waals surface area contributed by atoms with Gasteiger partial charge in [0.15, 0.2) is 11.5 Å². The fourth-order valence-corrected chi connectivity index (χ4v) is 5.10. The lowest BCUT2D eigenvalue weighted by Gasteiger charge is -2.32. The summed E-state index contributed by atoms with van der Waals surface area (Å²) < 4.78 is 12.1. The van der Waals surface area contributed by atoms with E-state index >= 15 is 0 Å². The second-order valence-corrected chi connectivity index (χ2v) is 8.50. The summed E-state index contributed by atoms with van der Waals surface area (Å²) >= 11 is 8.08. The second-order valence-electron chi connectivity index (χ2n) is 7.03. The van der Waals surface area contributed by atoms with Crippen molar-refractivity contribution in [2.75, 3.05) is 26.8 Å². The minimum absolute atomic E-state index is 0.0425. The number of rotatable bonds is 5. The zero-order valence-corrected chi connectivity index (χ0v) is 18.1. The van der Waals surface area contributed by atoms with Crippen LogP contribution in [0.1, 0.15) is 41.0 Å². The Bertz CT molecular complexity index is 1000. The molecule has 152 valence electrons. The maximum atomic E-state index is 13.2. The molecule has 1 atom stereocenters. The van der Waals surface area contributed by atoms with Crippen LogP contribution in [0.5, 0.6) is 11.5 Å². The number of hydrogen-bond acceptors (Lipinski definition) is 5. The Balaban J connectivity index is 1.56. The summed E-state index contributed by atoms with van der Waals surface area (Å²) in [5, 5.41) is 1.49. The summed E-state index contributed by atoms with van der Waals surface area (Å²) in [6.45, 7) is 3.74. The van der Waals surface area contributed by atoms with Crippen LogP contribution in [0, 0.1) is 0 Å². The average Bonchev–Trinajstić information content (AvgIpc) is 3.19. The van der Waals surface area contributed by atoms with Gasteiger partial charge in [-0.25, -0.2) is 4.98 Å². The van der Waals surface area contributed by atoms with Crippen LogP contribution in [0.4, 0.5) is 0 Å². The summed E-state index contributed by atoms with van der Waals surface area (Å²) in [5.41, 5.74) is 1.54. The number of hydrogen-bond donors (Lipinski definition) is 0. The number of benzene rings is 2. The van der Waals surface area contributed by atoms with E-state index in [1.54, 1.807) is 30.6 Å². The van der Waals surface area contributed by atoms with Crippen molar-refractivity contribution in [1.29, 1.82) is 0 Å². The molecule has 5 nitrogen and oxygen atoms in total. The predicted octanol–water partition coefficient (Wildman–Crippen LogP) is 5.38. The van der Waals surface area contributed by atoms with Crippen molar-refractivity contribution in [1.82, 2.24) is 9.88 Å². The molecule has 1 aliphatic heterocycles. The van der Waals surface area contributed by atoms with Gasteiger partial charge in [-0.1, -0.05) is 23.7 Å². The molecule has 1 aromatic heterocycles. The minimum atomic E-state index is -0.0425. The van der Waals surface area contributed by atoms with Gasteiger partial charge in [0.2, 0.25) is 0 Å². The van der Waals surface area contributed by atoms with E-state index in [1.165, 1.54) is 4.70 Å². The van der Waals surface area contributed by atoms with Crippen molar-refractivity contribution < 1.29 is 14.3 Å². The van der Waals surface area contributed by atoms with Gasteiger partial charge in [0.05, 0.1) is 34.0 Å². The zero-order chi connectivity index (χ0) is 20.4. The van der Waals surface area contributed by atoms with Crippen molar-refractivity contribution in [3.8, 4) is 11.5 Å². The van der Waals surface area contributed by atoms with E-state index in [4.69, 9.17) is 26.1 Å². The molecule has 0 saturated carbocycles. The summed E-state index contributed by atoms with van der Waals surface area (Å²) in [6.07, 6.45) is 1.99. The van der Waals surface area contributed by atoms with Crippen molar-refractivity contribution in [3.63, 3.8) is 0 Å². The highest BCUT2D eigenvalue weighted by molar-refractivity contribution is 7.18. The summed E-state index contributed by atoms with van der Waals surface area (Å²) in [5.74, 6) is 1.16. The topological polar surface area (TPSA) is 51.7 Å². The zero-order valence-electron chi connectivity index (χ0n) is 16.5. The number of methoxy groups -OCH3 is 1. The number of halogens is 1. The molecule has 0 bridgehead atoms. The number of nitrogens with zero attached hydrogens (tertiary/aromatic N) is 2. The number of thiazole rings is 1. The number of piperidine rings is 1. The van der Waals surface area contributed by atoms with Crippen LogP contribution in [0.3, 0.4) is 0 Å². The van der Waals surface area contributed by atoms with E-state index in [1.807, 2.05) is 30.0 Å². The van der Waals surface area contributed by atoms with E-state index in [0.717, 1.165) is 29.9 Å². The first-order valence-corrected chi connectivity index (χ1v) is 10.9. The van der Waals surface area contributed by atoms with Crippen molar-refractivity contribution in [3.05, 3.63) is 52.0 Å². The molecule has 1 fully saturated rings. The smallest absolute Gasteiger partial charge is 0.254 e. The fourth-order valence-electron chi connectivity index (χ4n) is 3.74. The quantitative estimate of drug-likeness (QED) is 0.545. The third-order valence-corrected chi connectivity index (χ3v) is 6.61. The molecule has 7 heteroatoms. The van der Waals surface area contributed by atoms with E-state index < -0.39 is 0 Å². The third-order valence-electron chi connectivity index (χ3n) is 5.13. The van der Waals surface area contributed by atoms with Crippen LogP contribution < -0.4 is 9.47 Å². The fraction of sp³-hybridized carbons (Fsp3) is 0.364. The highest BCUT2D eigenvalue weighted by Gasteiger charge is 2.28. The summed E-state index contributed by atoms with van der Waals surface area (Å²) in [4.78, 5) is 19.9. The molecule has 0 aliphatic carbocycles. The minimum Gasteiger partial charge on any atom is -0.493 e. The Morgan fingerprint density at radius 3 is 2.93 bits per heavy atom. The molecule has 0 unspecified atom stereocenters. The van der Waals surface area contributed by atoms with Crippen LogP contribution in [0.25, 0.3) is 10.2 Å². The first kappa shape index (κ1) is 20.0. The molecule has 0 radical (unpaired) electrons. The van der Waals surface area contributed by atoms with Gasteiger partial charge in [-0.05, 0) is 44.0 Å². The predicted molar refractivity (Wildman–Crippen MR) is 117 cm³/mol. The molecule has 0 spiro atoms. The Morgan fingerprint density at radius 2 is 2.17 bits per heavy atom. The van der Waals surface area contributed by atoms with Crippen molar-refractivity contribution >= 4 is 39.1 Å². The van der Waals surface area contributed by atoms with Crippen LogP contribution in [0.2, 0.25) is 5.02 Å². The van der Waals surface area contributed by atoms with Gasteiger partial charge >= 0.3 is 0 Å². The maximum Gasteiger partial charge on any atom is 0.254 e. The van der Waals surface area contributed by atoms with Crippen LogP contribution >= 0.6 is 22.9 Å². The third kappa shape index (κ3) is 4.05. The first-order chi connectivity index (χ1) is 14.1. The van der Waals surface area contributed by atoms with Gasteiger partial charge in [-0.2, -0.15) is 0 Å². The number of aromatic nitrogens is 1. The molecular formula is C22H23ClN2O3S. The molecule has 1 amide bonds. The van der Waals surface area contributed by atoms with Gasteiger partial charge in [0, 0.05) is 24.6 Å². The van der Waals surface area contributed by atoms with Gasteiger partial charge < -0.3 is 14.4 Å². The lowest BCUT2D eigenvalue weighted by atomic mass is 9.98. The molecule has 2 heterocycles. The molecule has 29 heavy (non-hydrogen) atoms. The maximum absolute atomic E-state index is 13.2. The lowest BCUT2D eigenvalue weighted by Crippen LogP contribution is -2.39. The van der Waals surface area contributed by atoms with E-state index in [-0.39, 0.29) is 11.8 Å². The molecular weight excluding hydrogens is 408 g/mol. The molecule has 0 N–H and O–H groups in total. The number of carbonyl (C=O) groups is 1. The SMILES string of the molecule is CCOc1c(Cl)cc(C(=O)N2CCC[C@@H](c3nc4ccccc4s3)C2)cc1OC. The number of amides is 1. The lowest BCUT2D eigenvalue weighted by molar-refractivity contribution is 0.0706. The van der Waals surface area contributed by atoms with E-state index in [2.05, 4.69) is 6.07 Å². The molecule has 1 saturated heterocycles. The molecule has 4 rings (SSSR count). The second kappa shape index (κ2) is 8.59. The molecule has 1 aliphatic rings. The highest BCUT2D eigenvalue weighted by Crippen LogP contribution is 2.38. The van der Waals surface area contributed by atoms with E-state index in [0.29, 0.717) is 35.2 Å². The number of fused-ring (bicyclic) bond motifs is 1. The van der Waals surface area contributed by atoms with Crippen LogP contribution in [-0.2, 0) is 0 Å². The number of likely N-dealkylation sites (tertiary alicyclic amines) is 1. The summed E-state index contributed by atoms with van der Waals surface area (Å²) in [6, 6.07) is 11.5. The van der Waals surface area contributed by atoms with Gasteiger partial charge in [-0.3, -0.25) is 4.79 Å². The highest BCUT2D eigenvalue weighted by atomic mass is 35.5. The van der Waals surface area contributed by atoms with Crippen molar-refractivity contribution in [2.45, 2.75) is 25.7 Å². The van der Waals surface area contributed by atoms with E-state index in [9.17, 15) is 4.79 Å². The van der Waals surface area contributed by atoms with Gasteiger partial charge in [0.25, 0.3) is 5.91 Å². The average molecular weight is 431 g/mol. The Kier molecular flexibility index (Phi) is 5.92. The van der Waals surface area contributed by atoms with Crippen LogP contribution in [0.15, 0.2) is 36.4 Å². The number of carbonyl (C=O) groups excluding carboxylic acids is 1. The monoisotopic (exact) mass is 430 g/mol.